The first-order chi connectivity index (χ1) is 7.11. The van der Waals surface area contributed by atoms with E-state index in [0.29, 0.717) is 5.69 Å². The third-order valence-corrected chi connectivity index (χ3v) is 2.77. The molecule has 0 N–H and O–H groups in total. The minimum atomic E-state index is -0.436. The van der Waals surface area contributed by atoms with Gasteiger partial charge >= 0.3 is 0 Å². The Kier molecular flexibility index (Phi) is 4.47. The molecule has 1 aromatic heterocycles. The molecule has 84 valence electrons. The maximum Gasteiger partial charge on any atom is 0.210 e. The van der Waals surface area contributed by atoms with E-state index < -0.39 is 6.10 Å². The third kappa shape index (κ3) is 2.66. The Hall–Kier alpha value is -0.680. The van der Waals surface area contributed by atoms with E-state index >= 15 is 0 Å². The molecule has 15 heavy (non-hydrogen) atoms. The van der Waals surface area contributed by atoms with E-state index in [1.165, 1.54) is 7.11 Å². The molecule has 0 aliphatic heterocycles. The molecule has 1 aromatic rings. The van der Waals surface area contributed by atoms with Gasteiger partial charge in [0, 0.05) is 13.7 Å². The van der Waals surface area contributed by atoms with Crippen LogP contribution in [-0.2, 0) is 11.3 Å². The molecule has 4 nitrogen and oxygen atoms in total. The molecule has 1 heterocycles. The highest BCUT2D eigenvalue weighted by molar-refractivity contribution is 9.10. The monoisotopic (exact) mass is 274 g/mol. The van der Waals surface area contributed by atoms with Crippen molar-refractivity contribution in [1.82, 2.24) is 9.78 Å². The molecule has 0 bridgehead atoms. The summed E-state index contributed by atoms with van der Waals surface area (Å²) in [4.78, 5) is 11.9. The SMILES string of the molecule is CCCn1ncc(Br)c1C(=O)C(C)OC. The second-order valence-electron chi connectivity index (χ2n) is 3.31. The number of aryl methyl sites for hydroxylation is 1. The van der Waals surface area contributed by atoms with Crippen LogP contribution >= 0.6 is 15.9 Å². The van der Waals surface area contributed by atoms with Gasteiger partial charge in [0.1, 0.15) is 11.8 Å². The van der Waals surface area contributed by atoms with Crippen LogP contribution in [0.15, 0.2) is 10.7 Å². The van der Waals surface area contributed by atoms with Crippen molar-refractivity contribution >= 4 is 21.7 Å². The van der Waals surface area contributed by atoms with Gasteiger partial charge in [-0.3, -0.25) is 9.48 Å². The molecule has 0 aliphatic carbocycles. The van der Waals surface area contributed by atoms with Crippen molar-refractivity contribution in [3.05, 3.63) is 16.4 Å². The highest BCUT2D eigenvalue weighted by Crippen LogP contribution is 2.18. The van der Waals surface area contributed by atoms with Crippen molar-refractivity contribution < 1.29 is 9.53 Å². The van der Waals surface area contributed by atoms with Crippen LogP contribution in [0.2, 0.25) is 0 Å². The highest BCUT2D eigenvalue weighted by atomic mass is 79.9. The van der Waals surface area contributed by atoms with E-state index in [0.717, 1.165) is 17.4 Å². The summed E-state index contributed by atoms with van der Waals surface area (Å²) in [5.74, 6) is -0.0460. The minimum absolute atomic E-state index is 0.0460. The Labute approximate surface area is 97.7 Å². The maximum absolute atomic E-state index is 11.9. The lowest BCUT2D eigenvalue weighted by Crippen LogP contribution is -2.23. The number of Topliss-reactive ketones (excluding diaryl/α,β-unsaturated/α-hetero) is 1. The average Bonchev–Trinajstić information content (AvgIpc) is 2.58. The number of ether oxygens (including phenoxy) is 1. The lowest BCUT2D eigenvalue weighted by Gasteiger charge is -2.10. The number of halogens is 1. The van der Waals surface area contributed by atoms with Gasteiger partial charge in [-0.25, -0.2) is 0 Å². The predicted molar refractivity (Wildman–Crippen MR) is 61.0 cm³/mol. The van der Waals surface area contributed by atoms with Crippen LogP contribution in [0.5, 0.6) is 0 Å². The zero-order chi connectivity index (χ0) is 11.4. The minimum Gasteiger partial charge on any atom is -0.374 e. The highest BCUT2D eigenvalue weighted by Gasteiger charge is 2.21. The van der Waals surface area contributed by atoms with Crippen molar-refractivity contribution in [3.63, 3.8) is 0 Å². The number of hydrogen-bond donors (Lipinski definition) is 0. The normalized spacial score (nSPS) is 12.8. The fourth-order valence-electron chi connectivity index (χ4n) is 1.29. The van der Waals surface area contributed by atoms with Crippen LogP contribution in [0.3, 0.4) is 0 Å². The lowest BCUT2D eigenvalue weighted by molar-refractivity contribution is 0.0643. The first kappa shape index (κ1) is 12.4. The molecule has 0 spiro atoms. The first-order valence-corrected chi connectivity index (χ1v) is 5.69. The zero-order valence-electron chi connectivity index (χ0n) is 9.16. The predicted octanol–water partition coefficient (Wildman–Crippen LogP) is 2.27. The molecule has 0 saturated carbocycles. The van der Waals surface area contributed by atoms with Crippen LogP contribution in [0.1, 0.15) is 30.8 Å². The second kappa shape index (κ2) is 5.42. The number of aromatic nitrogens is 2. The molecule has 0 fully saturated rings. The van der Waals surface area contributed by atoms with Gasteiger partial charge in [-0.05, 0) is 29.3 Å². The van der Waals surface area contributed by atoms with Crippen molar-refractivity contribution in [1.29, 1.82) is 0 Å². The number of ketones is 1. The Morgan fingerprint density at radius 3 is 2.93 bits per heavy atom. The lowest BCUT2D eigenvalue weighted by atomic mass is 10.2. The molecule has 0 amide bonds. The standard InChI is InChI=1S/C10H15BrN2O2/c1-4-5-13-9(8(11)6-12-13)10(14)7(2)15-3/h6-7H,4-5H2,1-3H3. The number of methoxy groups -OCH3 is 1. The number of nitrogens with zero attached hydrogens (tertiary/aromatic N) is 2. The number of carbonyl (C=O) groups is 1. The first-order valence-electron chi connectivity index (χ1n) is 4.90. The van der Waals surface area contributed by atoms with Crippen molar-refractivity contribution in [2.24, 2.45) is 0 Å². The summed E-state index contributed by atoms with van der Waals surface area (Å²) >= 11 is 3.33. The van der Waals surface area contributed by atoms with E-state index in [9.17, 15) is 4.79 Å². The van der Waals surface area contributed by atoms with E-state index in [2.05, 4.69) is 21.0 Å². The molecule has 0 aromatic carbocycles. The Bertz CT molecular complexity index is 349. The smallest absolute Gasteiger partial charge is 0.210 e. The Morgan fingerprint density at radius 1 is 1.73 bits per heavy atom. The molecule has 5 heteroatoms. The second-order valence-corrected chi connectivity index (χ2v) is 4.16. The van der Waals surface area contributed by atoms with E-state index in [-0.39, 0.29) is 5.78 Å². The number of rotatable bonds is 5. The summed E-state index contributed by atoms with van der Waals surface area (Å²) in [5.41, 5.74) is 0.589. The summed E-state index contributed by atoms with van der Waals surface area (Å²) in [7, 11) is 1.52. The Balaban J connectivity index is 3.00. The van der Waals surface area contributed by atoms with Crippen LogP contribution < -0.4 is 0 Å². The third-order valence-electron chi connectivity index (χ3n) is 2.19. The van der Waals surface area contributed by atoms with Gasteiger partial charge in [0.25, 0.3) is 0 Å². The summed E-state index contributed by atoms with van der Waals surface area (Å²) in [6, 6.07) is 0. The summed E-state index contributed by atoms with van der Waals surface area (Å²) in [5, 5.41) is 4.14. The molecule has 1 unspecified atom stereocenters. The quantitative estimate of drug-likeness (QED) is 0.774. The van der Waals surface area contributed by atoms with E-state index in [4.69, 9.17) is 4.74 Å². The van der Waals surface area contributed by atoms with Gasteiger partial charge in [-0.15, -0.1) is 0 Å². The van der Waals surface area contributed by atoms with Crippen LogP contribution in [0, 0.1) is 0 Å². The van der Waals surface area contributed by atoms with Crippen LogP contribution in [0.25, 0.3) is 0 Å². The van der Waals surface area contributed by atoms with E-state index in [1.54, 1.807) is 17.8 Å². The Morgan fingerprint density at radius 2 is 2.40 bits per heavy atom. The van der Waals surface area contributed by atoms with Gasteiger partial charge in [0.2, 0.25) is 5.78 Å². The summed E-state index contributed by atoms with van der Waals surface area (Å²) < 4.78 is 7.45. The van der Waals surface area contributed by atoms with E-state index in [1.807, 2.05) is 6.92 Å². The molecule has 0 aliphatic rings. The molecule has 1 atom stereocenters. The fourth-order valence-corrected chi connectivity index (χ4v) is 1.78. The fraction of sp³-hybridized carbons (Fsp3) is 0.600. The van der Waals surface area contributed by atoms with Gasteiger partial charge in [0.05, 0.1) is 10.7 Å². The van der Waals surface area contributed by atoms with Crippen molar-refractivity contribution in [3.8, 4) is 0 Å². The van der Waals surface area contributed by atoms with Crippen molar-refractivity contribution in [2.75, 3.05) is 7.11 Å². The summed E-state index contributed by atoms with van der Waals surface area (Å²) in [6.45, 7) is 4.52. The molecule has 1 rings (SSSR count). The summed E-state index contributed by atoms with van der Waals surface area (Å²) in [6.07, 6.45) is 2.15. The molecular weight excluding hydrogens is 260 g/mol. The van der Waals surface area contributed by atoms with Gasteiger partial charge < -0.3 is 4.74 Å². The number of hydrogen-bond acceptors (Lipinski definition) is 3. The molecular formula is C10H15BrN2O2. The maximum atomic E-state index is 11.9. The van der Waals surface area contributed by atoms with Crippen LogP contribution in [0.4, 0.5) is 0 Å². The van der Waals surface area contributed by atoms with Crippen molar-refractivity contribution in [2.45, 2.75) is 32.9 Å². The van der Waals surface area contributed by atoms with Gasteiger partial charge in [0.15, 0.2) is 0 Å². The molecule has 0 saturated heterocycles. The largest absolute Gasteiger partial charge is 0.374 e. The molecule has 0 radical (unpaired) electrons. The number of carbonyl (C=O) groups excluding carboxylic acids is 1. The van der Waals surface area contributed by atoms with Gasteiger partial charge in [-0.2, -0.15) is 5.10 Å². The average molecular weight is 275 g/mol. The topological polar surface area (TPSA) is 44.1 Å². The van der Waals surface area contributed by atoms with Crippen LogP contribution in [-0.4, -0.2) is 28.8 Å². The zero-order valence-corrected chi connectivity index (χ0v) is 10.7. The van der Waals surface area contributed by atoms with Gasteiger partial charge in [-0.1, -0.05) is 6.92 Å².